The van der Waals surface area contributed by atoms with Crippen LogP contribution in [0.3, 0.4) is 0 Å². The molecule has 0 radical (unpaired) electrons. The molecule has 2 heterocycles. The van der Waals surface area contributed by atoms with Gasteiger partial charge in [-0.05, 0) is 78.9 Å². The highest BCUT2D eigenvalue weighted by Gasteiger charge is 2.40. The molecule has 0 spiro atoms. The lowest BCUT2D eigenvalue weighted by atomic mass is 9.89. The average molecular weight is 701 g/mol. The maximum absolute atomic E-state index is 13.6. The van der Waals surface area contributed by atoms with Gasteiger partial charge < -0.3 is 10.1 Å². The number of rotatable bonds is 9. The van der Waals surface area contributed by atoms with E-state index in [1.165, 1.54) is 17.2 Å². The van der Waals surface area contributed by atoms with E-state index in [1.54, 1.807) is 13.8 Å². The Morgan fingerprint density at radius 1 is 0.979 bits per heavy atom. The second kappa shape index (κ2) is 13.7. The molecule has 0 fully saturated rings. The van der Waals surface area contributed by atoms with Crippen LogP contribution in [-0.2, 0) is 47.0 Å². The number of tetrazole rings is 1. The average Bonchev–Trinajstić information content (AvgIpc) is 3.41. The van der Waals surface area contributed by atoms with Gasteiger partial charge in [0.05, 0.1) is 46.8 Å². The van der Waals surface area contributed by atoms with Crippen molar-refractivity contribution in [3.63, 3.8) is 0 Å². The zero-order chi connectivity index (χ0) is 34.9. The summed E-state index contributed by atoms with van der Waals surface area (Å²) in [6.07, 6.45) is -14.3. The number of hydrogen-bond acceptors (Lipinski definition) is 7. The standard InChI is InChI=1S/C28H29F9N6O3S/c1-4-19-13-22(21-12-16(26(29,30)31)6-7-23(21)43(19)25(44)46-5-2)38-24-39-41-42(40-24)14-20(47(3)45)10-15-8-17(27(32,33)34)11-18(9-15)28(35,36)37/h6-9,11-12,19-20,22H,4-5,10,13-14H2,1-3H3,(H,38,40)/t19-,20?,22+,47?/m1/s1. The number of nitrogens with one attached hydrogen (secondary N) is 1. The highest BCUT2D eigenvalue weighted by atomic mass is 32.2. The molecular formula is C28H29F9N6O3S. The van der Waals surface area contributed by atoms with Gasteiger partial charge in [-0.3, -0.25) is 9.11 Å². The first-order valence-corrected chi connectivity index (χ1v) is 15.8. The van der Waals surface area contributed by atoms with E-state index in [0.717, 1.165) is 16.9 Å². The topological polar surface area (TPSA) is 102 Å². The lowest BCUT2D eigenvalue weighted by Gasteiger charge is -2.40. The Morgan fingerprint density at radius 3 is 2.13 bits per heavy atom. The summed E-state index contributed by atoms with van der Waals surface area (Å²) in [5, 5.41) is 13.7. The van der Waals surface area contributed by atoms with Crippen molar-refractivity contribution in [1.82, 2.24) is 20.2 Å². The Hall–Kier alpha value is -3.90. The van der Waals surface area contributed by atoms with Crippen molar-refractivity contribution >= 4 is 28.5 Å². The Morgan fingerprint density at radius 2 is 1.60 bits per heavy atom. The molecule has 1 aromatic heterocycles. The van der Waals surface area contributed by atoms with Gasteiger partial charge in [0.1, 0.15) is 0 Å². The minimum atomic E-state index is -5.06. The number of halogens is 9. The van der Waals surface area contributed by atoms with Crippen LogP contribution in [0.5, 0.6) is 0 Å². The summed E-state index contributed by atoms with van der Waals surface area (Å²) >= 11 is 0. The summed E-state index contributed by atoms with van der Waals surface area (Å²) in [4.78, 5) is 15.0. The number of fused-ring (bicyclic) bond motifs is 1. The molecule has 1 N–H and O–H groups in total. The Balaban J connectivity index is 1.61. The lowest BCUT2D eigenvalue weighted by Crippen LogP contribution is -2.46. The van der Waals surface area contributed by atoms with E-state index in [1.807, 2.05) is 0 Å². The fourth-order valence-electron chi connectivity index (χ4n) is 5.26. The number of carbonyl (C=O) groups is 1. The van der Waals surface area contributed by atoms with E-state index in [9.17, 15) is 48.5 Å². The molecule has 4 rings (SSSR count). The number of ether oxygens (including phenoxy) is 1. The third-order valence-electron chi connectivity index (χ3n) is 7.50. The summed E-state index contributed by atoms with van der Waals surface area (Å²) in [6, 6.07) is 2.68. The highest BCUT2D eigenvalue weighted by Crippen LogP contribution is 2.43. The number of amides is 1. The molecule has 0 bridgehead atoms. The summed E-state index contributed by atoms with van der Waals surface area (Å²) in [5.41, 5.74) is -4.06. The van der Waals surface area contributed by atoms with Crippen molar-refractivity contribution in [2.24, 2.45) is 0 Å². The van der Waals surface area contributed by atoms with Gasteiger partial charge in [0.2, 0.25) is 0 Å². The van der Waals surface area contributed by atoms with Gasteiger partial charge in [0.25, 0.3) is 5.95 Å². The molecule has 19 heteroatoms. The number of benzene rings is 2. The second-order valence-corrected chi connectivity index (χ2v) is 12.4. The molecule has 2 aromatic carbocycles. The Kier molecular flexibility index (Phi) is 10.5. The molecule has 4 atom stereocenters. The molecule has 3 aromatic rings. The summed E-state index contributed by atoms with van der Waals surface area (Å²) in [5.74, 6) is -0.170. The van der Waals surface area contributed by atoms with E-state index in [0.29, 0.717) is 18.6 Å². The van der Waals surface area contributed by atoms with Crippen LogP contribution in [-0.4, -0.2) is 54.7 Å². The highest BCUT2D eigenvalue weighted by molar-refractivity contribution is 7.84. The van der Waals surface area contributed by atoms with Gasteiger partial charge in [-0.1, -0.05) is 12.0 Å². The number of hydrogen-bond donors (Lipinski definition) is 1. The Bertz CT molecular complexity index is 1580. The number of aromatic nitrogens is 4. The van der Waals surface area contributed by atoms with Crippen LogP contribution >= 0.6 is 0 Å². The van der Waals surface area contributed by atoms with Gasteiger partial charge in [-0.15, -0.1) is 5.10 Å². The molecule has 0 saturated heterocycles. The Labute approximate surface area is 264 Å². The molecule has 1 amide bonds. The third kappa shape index (κ3) is 8.53. The number of carbonyl (C=O) groups excluding carboxylic acids is 1. The SMILES string of the molecule is CCOC(=O)N1c2ccc(C(F)(F)F)cc2[C@@H](Nc2nnn(CC(Cc3cc(C(F)(F)F)cc(C(F)(F)F)c3)S(C)=O)n2)C[C@H]1CC. The summed E-state index contributed by atoms with van der Waals surface area (Å²) in [6.45, 7) is 3.08. The first-order chi connectivity index (χ1) is 21.8. The number of alkyl halides is 9. The van der Waals surface area contributed by atoms with Gasteiger partial charge in [0, 0.05) is 23.1 Å². The van der Waals surface area contributed by atoms with E-state index >= 15 is 0 Å². The number of anilines is 2. The van der Waals surface area contributed by atoms with Crippen LogP contribution in [0.15, 0.2) is 36.4 Å². The van der Waals surface area contributed by atoms with E-state index in [2.05, 4.69) is 20.7 Å². The molecule has 1 aliphatic rings. The van der Waals surface area contributed by atoms with Crippen LogP contribution < -0.4 is 10.2 Å². The van der Waals surface area contributed by atoms with Gasteiger partial charge in [0.15, 0.2) is 0 Å². The van der Waals surface area contributed by atoms with Crippen LogP contribution in [0.25, 0.3) is 0 Å². The van der Waals surface area contributed by atoms with Crippen molar-refractivity contribution in [3.8, 4) is 0 Å². The van der Waals surface area contributed by atoms with E-state index in [-0.39, 0.29) is 48.4 Å². The zero-order valence-electron chi connectivity index (χ0n) is 25.0. The number of nitrogens with zero attached hydrogens (tertiary/aromatic N) is 5. The first-order valence-electron chi connectivity index (χ1n) is 14.1. The van der Waals surface area contributed by atoms with Crippen LogP contribution in [0, 0.1) is 0 Å². The largest absolute Gasteiger partial charge is 0.449 e. The molecule has 1 aliphatic heterocycles. The maximum atomic E-state index is 13.6. The van der Waals surface area contributed by atoms with Crippen molar-refractivity contribution < 1.29 is 53.3 Å². The minimum Gasteiger partial charge on any atom is -0.449 e. The quantitative estimate of drug-likeness (QED) is 0.240. The molecular weight excluding hydrogens is 671 g/mol. The molecule has 9 nitrogen and oxygen atoms in total. The molecule has 258 valence electrons. The minimum absolute atomic E-state index is 0.00549. The monoisotopic (exact) mass is 700 g/mol. The fourth-order valence-corrected chi connectivity index (χ4v) is 6.03. The predicted molar refractivity (Wildman–Crippen MR) is 152 cm³/mol. The first kappa shape index (κ1) is 35.9. The van der Waals surface area contributed by atoms with Crippen molar-refractivity contribution in [1.29, 1.82) is 0 Å². The lowest BCUT2D eigenvalue weighted by molar-refractivity contribution is -0.143. The maximum Gasteiger partial charge on any atom is 0.416 e. The summed E-state index contributed by atoms with van der Waals surface area (Å²) < 4.78 is 139. The molecule has 0 saturated carbocycles. The predicted octanol–water partition coefficient (Wildman–Crippen LogP) is 7.02. The normalized spacial score (nSPS) is 18.4. The van der Waals surface area contributed by atoms with Crippen LogP contribution in [0.1, 0.15) is 60.5 Å². The van der Waals surface area contributed by atoms with Gasteiger partial charge in [-0.2, -0.15) is 44.3 Å². The third-order valence-corrected chi connectivity index (χ3v) is 8.76. The molecule has 2 unspecified atom stereocenters. The second-order valence-electron chi connectivity index (χ2n) is 10.7. The van der Waals surface area contributed by atoms with Crippen LogP contribution in [0.4, 0.5) is 55.9 Å². The zero-order valence-corrected chi connectivity index (χ0v) is 25.8. The van der Waals surface area contributed by atoms with Crippen LogP contribution in [0.2, 0.25) is 0 Å². The smallest absolute Gasteiger partial charge is 0.416 e. The van der Waals surface area contributed by atoms with E-state index < -0.39 is 75.9 Å². The van der Waals surface area contributed by atoms with Crippen molar-refractivity contribution in [2.75, 3.05) is 23.1 Å². The summed E-state index contributed by atoms with van der Waals surface area (Å²) in [7, 11) is -1.78. The molecule has 0 aliphatic carbocycles. The van der Waals surface area contributed by atoms with Gasteiger partial charge in [-0.25, -0.2) is 4.79 Å². The fraction of sp³-hybridized carbons (Fsp3) is 0.500. The molecule has 47 heavy (non-hydrogen) atoms. The van der Waals surface area contributed by atoms with E-state index in [4.69, 9.17) is 4.74 Å². The van der Waals surface area contributed by atoms with Gasteiger partial charge >= 0.3 is 24.6 Å². The van der Waals surface area contributed by atoms with Crippen molar-refractivity contribution in [3.05, 3.63) is 64.2 Å². The van der Waals surface area contributed by atoms with Crippen molar-refractivity contribution in [2.45, 2.75) is 75.5 Å².